The topological polar surface area (TPSA) is 18.5 Å². The summed E-state index contributed by atoms with van der Waals surface area (Å²) in [7, 11) is 0. The van der Waals surface area contributed by atoms with Crippen LogP contribution in [0.3, 0.4) is 0 Å². The van der Waals surface area contributed by atoms with Gasteiger partial charge in [-0.25, -0.2) is 0 Å². The fraction of sp³-hybridized carbons (Fsp3) is 0.478. The number of nitrogens with zero attached hydrogens (tertiary/aromatic N) is 2. The van der Waals surface area contributed by atoms with Crippen molar-refractivity contribution in [3.63, 3.8) is 0 Å². The summed E-state index contributed by atoms with van der Waals surface area (Å²) in [6.07, 6.45) is 2.73. The van der Waals surface area contributed by atoms with Gasteiger partial charge in [0.05, 0.1) is 6.04 Å². The number of rotatable bonds is 5. The fourth-order valence-corrected chi connectivity index (χ4v) is 4.53. The van der Waals surface area contributed by atoms with E-state index in [9.17, 15) is 0 Å². The van der Waals surface area contributed by atoms with Gasteiger partial charge in [0, 0.05) is 32.7 Å². The minimum absolute atomic E-state index is 0.371. The molecule has 3 heteroatoms. The Morgan fingerprint density at radius 2 is 1.46 bits per heavy atom. The number of nitrogens with one attached hydrogen (secondary N) is 1. The van der Waals surface area contributed by atoms with Crippen molar-refractivity contribution in [3.05, 3.63) is 71.8 Å². The van der Waals surface area contributed by atoms with Gasteiger partial charge in [-0.3, -0.25) is 4.90 Å². The molecule has 2 aliphatic heterocycles. The first-order valence-corrected chi connectivity index (χ1v) is 10.2. The molecule has 2 aliphatic rings. The highest BCUT2D eigenvalue weighted by Gasteiger charge is 2.27. The van der Waals surface area contributed by atoms with Gasteiger partial charge in [0.1, 0.15) is 0 Å². The molecule has 4 rings (SSSR count). The maximum absolute atomic E-state index is 3.56. The first-order chi connectivity index (χ1) is 12.9. The quantitative estimate of drug-likeness (QED) is 0.893. The zero-order valence-electron chi connectivity index (χ0n) is 15.7. The summed E-state index contributed by atoms with van der Waals surface area (Å²) in [5.74, 6) is 0.842. The van der Waals surface area contributed by atoms with E-state index in [4.69, 9.17) is 0 Å². The molecule has 0 aliphatic carbocycles. The number of benzene rings is 2. The van der Waals surface area contributed by atoms with Crippen LogP contribution in [-0.2, 0) is 0 Å². The highest BCUT2D eigenvalue weighted by molar-refractivity contribution is 5.31. The van der Waals surface area contributed by atoms with Crippen LogP contribution in [0.5, 0.6) is 0 Å². The number of piperazine rings is 1. The Labute approximate surface area is 158 Å². The Kier molecular flexibility index (Phi) is 6.00. The van der Waals surface area contributed by atoms with E-state index in [1.165, 1.54) is 56.7 Å². The minimum atomic E-state index is 0.371. The second-order valence-electron chi connectivity index (χ2n) is 7.77. The van der Waals surface area contributed by atoms with Crippen LogP contribution in [-0.4, -0.2) is 55.6 Å². The van der Waals surface area contributed by atoms with Crippen LogP contribution < -0.4 is 5.32 Å². The Morgan fingerprint density at radius 1 is 0.846 bits per heavy atom. The van der Waals surface area contributed by atoms with Crippen molar-refractivity contribution in [1.82, 2.24) is 15.1 Å². The number of hydrogen-bond acceptors (Lipinski definition) is 3. The molecule has 2 aromatic carbocycles. The molecule has 1 N–H and O–H groups in total. The van der Waals surface area contributed by atoms with Crippen LogP contribution in [0.2, 0.25) is 0 Å². The van der Waals surface area contributed by atoms with E-state index in [1.54, 1.807) is 0 Å². The Morgan fingerprint density at radius 3 is 2.00 bits per heavy atom. The van der Waals surface area contributed by atoms with Crippen LogP contribution in [0.4, 0.5) is 0 Å². The van der Waals surface area contributed by atoms with E-state index in [0.717, 1.165) is 19.0 Å². The molecular formula is C23H31N3. The third kappa shape index (κ3) is 4.35. The number of piperidine rings is 1. The summed E-state index contributed by atoms with van der Waals surface area (Å²) in [5.41, 5.74) is 2.81. The lowest BCUT2D eigenvalue weighted by Gasteiger charge is -2.41. The third-order valence-corrected chi connectivity index (χ3v) is 5.92. The van der Waals surface area contributed by atoms with Gasteiger partial charge in [0.25, 0.3) is 0 Å². The van der Waals surface area contributed by atoms with Crippen LogP contribution in [0, 0.1) is 5.92 Å². The SMILES string of the molecule is c1ccc(C(c2ccccc2)N2CCN(C[C@@H]3CCCNC3)CC2)cc1. The lowest BCUT2D eigenvalue weighted by atomic mass is 9.96. The van der Waals surface area contributed by atoms with E-state index in [0.29, 0.717) is 6.04 Å². The van der Waals surface area contributed by atoms with Gasteiger partial charge in [-0.2, -0.15) is 0 Å². The van der Waals surface area contributed by atoms with Crippen molar-refractivity contribution in [1.29, 1.82) is 0 Å². The lowest BCUT2D eigenvalue weighted by molar-refractivity contribution is 0.0934. The van der Waals surface area contributed by atoms with Gasteiger partial charge in [0.15, 0.2) is 0 Å². The predicted molar refractivity (Wildman–Crippen MR) is 108 cm³/mol. The van der Waals surface area contributed by atoms with Crippen molar-refractivity contribution < 1.29 is 0 Å². The molecule has 2 aromatic rings. The van der Waals surface area contributed by atoms with E-state index in [1.807, 2.05) is 0 Å². The van der Waals surface area contributed by atoms with E-state index in [2.05, 4.69) is 75.8 Å². The maximum atomic E-state index is 3.56. The number of hydrogen-bond donors (Lipinski definition) is 1. The van der Waals surface area contributed by atoms with Crippen LogP contribution in [0.1, 0.15) is 30.0 Å². The van der Waals surface area contributed by atoms with Crippen LogP contribution in [0.15, 0.2) is 60.7 Å². The van der Waals surface area contributed by atoms with Gasteiger partial charge in [-0.05, 0) is 43.0 Å². The normalized spacial score (nSPS) is 22.6. The van der Waals surface area contributed by atoms with Gasteiger partial charge in [-0.1, -0.05) is 60.7 Å². The molecule has 0 aromatic heterocycles. The fourth-order valence-electron chi connectivity index (χ4n) is 4.53. The van der Waals surface area contributed by atoms with Crippen molar-refractivity contribution >= 4 is 0 Å². The average Bonchev–Trinajstić information content (AvgIpc) is 2.72. The van der Waals surface area contributed by atoms with E-state index < -0.39 is 0 Å². The van der Waals surface area contributed by atoms with E-state index in [-0.39, 0.29) is 0 Å². The molecule has 0 radical (unpaired) electrons. The molecule has 0 spiro atoms. The van der Waals surface area contributed by atoms with Crippen molar-refractivity contribution in [2.24, 2.45) is 5.92 Å². The highest BCUT2D eigenvalue weighted by Crippen LogP contribution is 2.29. The summed E-state index contributed by atoms with van der Waals surface area (Å²) < 4.78 is 0. The molecule has 0 saturated carbocycles. The molecule has 0 unspecified atom stereocenters. The molecule has 2 fully saturated rings. The van der Waals surface area contributed by atoms with E-state index >= 15 is 0 Å². The van der Waals surface area contributed by atoms with Gasteiger partial charge >= 0.3 is 0 Å². The molecular weight excluding hydrogens is 318 g/mol. The highest BCUT2D eigenvalue weighted by atomic mass is 15.3. The summed E-state index contributed by atoms with van der Waals surface area (Å²) in [6.45, 7) is 8.35. The Balaban J connectivity index is 1.43. The van der Waals surface area contributed by atoms with Crippen LogP contribution >= 0.6 is 0 Å². The standard InChI is InChI=1S/C23H31N3/c1-3-9-21(10-4-1)23(22-11-5-2-6-12-22)26-16-14-25(15-17-26)19-20-8-7-13-24-18-20/h1-6,9-12,20,23-24H,7-8,13-19H2/t20-/m1/s1. The monoisotopic (exact) mass is 349 g/mol. The second kappa shape index (κ2) is 8.81. The Bertz CT molecular complexity index is 604. The molecule has 0 amide bonds. The summed E-state index contributed by atoms with van der Waals surface area (Å²) in [5, 5.41) is 3.56. The van der Waals surface area contributed by atoms with Crippen LogP contribution in [0.25, 0.3) is 0 Å². The zero-order valence-corrected chi connectivity index (χ0v) is 15.7. The molecule has 2 heterocycles. The summed E-state index contributed by atoms with van der Waals surface area (Å²) >= 11 is 0. The summed E-state index contributed by atoms with van der Waals surface area (Å²) in [6, 6.07) is 22.4. The van der Waals surface area contributed by atoms with Gasteiger partial charge in [0.2, 0.25) is 0 Å². The minimum Gasteiger partial charge on any atom is -0.316 e. The first kappa shape index (κ1) is 17.7. The van der Waals surface area contributed by atoms with Gasteiger partial charge < -0.3 is 10.2 Å². The zero-order chi connectivity index (χ0) is 17.6. The molecule has 26 heavy (non-hydrogen) atoms. The largest absolute Gasteiger partial charge is 0.316 e. The molecule has 3 nitrogen and oxygen atoms in total. The second-order valence-corrected chi connectivity index (χ2v) is 7.77. The molecule has 2 saturated heterocycles. The molecule has 0 bridgehead atoms. The molecule has 138 valence electrons. The van der Waals surface area contributed by atoms with Gasteiger partial charge in [-0.15, -0.1) is 0 Å². The average molecular weight is 350 g/mol. The maximum Gasteiger partial charge on any atom is 0.0602 e. The first-order valence-electron chi connectivity index (χ1n) is 10.2. The third-order valence-electron chi connectivity index (χ3n) is 5.92. The van der Waals surface area contributed by atoms with Crippen molar-refractivity contribution in [3.8, 4) is 0 Å². The van der Waals surface area contributed by atoms with Crippen molar-refractivity contribution in [2.45, 2.75) is 18.9 Å². The summed E-state index contributed by atoms with van der Waals surface area (Å²) in [4.78, 5) is 5.35. The molecule has 1 atom stereocenters. The smallest absolute Gasteiger partial charge is 0.0602 e. The lowest BCUT2D eigenvalue weighted by Crippen LogP contribution is -2.50. The predicted octanol–water partition coefficient (Wildman–Crippen LogP) is 3.39. The Hall–Kier alpha value is -1.68. The van der Waals surface area contributed by atoms with Crippen molar-refractivity contribution in [2.75, 3.05) is 45.8 Å².